The Labute approximate surface area is 101 Å². The number of aromatic nitrogens is 3. The highest BCUT2D eigenvalue weighted by molar-refractivity contribution is 7.99. The number of hydrogen-bond donors (Lipinski definition) is 2. The predicted octanol–water partition coefficient (Wildman–Crippen LogP) is -0.0729. The van der Waals surface area contributed by atoms with Gasteiger partial charge in [-0.05, 0) is 12.8 Å². The molecule has 1 aromatic rings. The summed E-state index contributed by atoms with van der Waals surface area (Å²) in [5.41, 5.74) is -0.326. The van der Waals surface area contributed by atoms with Crippen molar-refractivity contribution in [2.24, 2.45) is 0 Å². The summed E-state index contributed by atoms with van der Waals surface area (Å²) in [6, 6.07) is 0. The normalized spacial score (nSPS) is 19.6. The van der Waals surface area contributed by atoms with Crippen molar-refractivity contribution in [1.29, 1.82) is 0 Å². The first-order valence-electron chi connectivity index (χ1n) is 5.28. The minimum absolute atomic E-state index is 0.0227. The molecule has 0 saturated carbocycles. The Balaban J connectivity index is 2.05. The number of carboxylic acids is 1. The minimum Gasteiger partial charge on any atom is -0.481 e. The van der Waals surface area contributed by atoms with Crippen molar-refractivity contribution in [2.75, 3.05) is 12.4 Å². The molecule has 1 aromatic heterocycles. The van der Waals surface area contributed by atoms with E-state index >= 15 is 0 Å². The second kappa shape index (κ2) is 5.37. The topological polar surface area (TPSA) is 97.2 Å². The molecule has 1 atom stereocenters. The molecule has 1 unspecified atom stereocenters. The molecule has 0 aliphatic carbocycles. The highest BCUT2D eigenvalue weighted by atomic mass is 32.2. The molecule has 0 amide bonds. The van der Waals surface area contributed by atoms with Gasteiger partial charge in [0.15, 0.2) is 5.16 Å². The lowest BCUT2D eigenvalue weighted by atomic mass is 10.2. The zero-order chi connectivity index (χ0) is 12.3. The fraction of sp³-hybridized carbons (Fsp3) is 0.667. The molecule has 7 nitrogen and oxygen atoms in total. The molecule has 94 valence electrons. The van der Waals surface area contributed by atoms with Gasteiger partial charge in [-0.3, -0.25) is 9.36 Å². The summed E-state index contributed by atoms with van der Waals surface area (Å²) in [6.45, 7) is 1.14. The number of H-pyrrole nitrogens is 1. The Morgan fingerprint density at radius 3 is 3.18 bits per heavy atom. The fourth-order valence-corrected chi connectivity index (χ4v) is 2.37. The van der Waals surface area contributed by atoms with Crippen molar-refractivity contribution in [2.45, 2.75) is 30.6 Å². The van der Waals surface area contributed by atoms with Crippen molar-refractivity contribution in [1.82, 2.24) is 14.8 Å². The third-order valence-electron chi connectivity index (χ3n) is 2.46. The maximum atomic E-state index is 11.5. The fourth-order valence-electron chi connectivity index (χ4n) is 1.69. The molecular weight excluding hydrogens is 246 g/mol. The molecule has 2 rings (SSSR count). The van der Waals surface area contributed by atoms with E-state index in [1.807, 2.05) is 0 Å². The van der Waals surface area contributed by atoms with Crippen molar-refractivity contribution in [3.8, 4) is 0 Å². The molecule has 0 spiro atoms. The number of hydrogen-bond acceptors (Lipinski definition) is 5. The number of nitrogens with one attached hydrogen (secondary N) is 1. The van der Waals surface area contributed by atoms with Gasteiger partial charge < -0.3 is 9.84 Å². The predicted molar refractivity (Wildman–Crippen MR) is 60.2 cm³/mol. The minimum atomic E-state index is -0.936. The molecular formula is C9H13N3O4S. The van der Waals surface area contributed by atoms with Gasteiger partial charge in [0.05, 0.1) is 18.4 Å². The Bertz CT molecular complexity index is 449. The first-order valence-corrected chi connectivity index (χ1v) is 6.27. The molecule has 1 saturated heterocycles. The maximum absolute atomic E-state index is 11.5. The monoisotopic (exact) mass is 259 g/mol. The zero-order valence-electron chi connectivity index (χ0n) is 9.09. The highest BCUT2D eigenvalue weighted by Crippen LogP contribution is 2.17. The number of aliphatic carboxylic acids is 1. The standard InChI is InChI=1S/C9H13N3O4S/c13-7(14)5-17-9-11-10-8(15)12(9)4-6-2-1-3-16-6/h6H,1-5H2,(H,10,15)(H,13,14). The lowest BCUT2D eigenvalue weighted by Crippen LogP contribution is -2.25. The second-order valence-corrected chi connectivity index (χ2v) is 4.68. The molecule has 0 aromatic carbocycles. The molecule has 0 radical (unpaired) electrons. The quantitative estimate of drug-likeness (QED) is 0.718. The van der Waals surface area contributed by atoms with E-state index in [0.29, 0.717) is 11.7 Å². The van der Waals surface area contributed by atoms with E-state index in [9.17, 15) is 9.59 Å². The summed E-state index contributed by atoms with van der Waals surface area (Å²) in [5, 5.41) is 15.1. The van der Waals surface area contributed by atoms with E-state index in [4.69, 9.17) is 9.84 Å². The number of carbonyl (C=O) groups is 1. The van der Waals surface area contributed by atoms with Gasteiger partial charge in [-0.25, -0.2) is 9.89 Å². The van der Waals surface area contributed by atoms with Crippen molar-refractivity contribution in [3.63, 3.8) is 0 Å². The number of ether oxygens (including phenoxy) is 1. The molecule has 0 bridgehead atoms. The molecule has 1 fully saturated rings. The van der Waals surface area contributed by atoms with Gasteiger partial charge in [0.1, 0.15) is 0 Å². The van der Waals surface area contributed by atoms with E-state index in [1.165, 1.54) is 4.57 Å². The first-order chi connectivity index (χ1) is 8.16. The SMILES string of the molecule is O=C(O)CSc1n[nH]c(=O)n1CC1CCCO1. The van der Waals surface area contributed by atoms with Crippen LogP contribution in [0.2, 0.25) is 0 Å². The van der Waals surface area contributed by atoms with Gasteiger partial charge in [-0.2, -0.15) is 0 Å². The van der Waals surface area contributed by atoms with Crippen molar-refractivity contribution in [3.05, 3.63) is 10.5 Å². The average Bonchev–Trinajstić information content (AvgIpc) is 2.89. The summed E-state index contributed by atoms with van der Waals surface area (Å²) < 4.78 is 6.87. The molecule has 1 aliphatic heterocycles. The van der Waals surface area contributed by atoms with Crippen LogP contribution in [0.15, 0.2) is 9.95 Å². The highest BCUT2D eigenvalue weighted by Gasteiger charge is 2.19. The van der Waals surface area contributed by atoms with Gasteiger partial charge >= 0.3 is 11.7 Å². The lowest BCUT2D eigenvalue weighted by Gasteiger charge is -2.10. The van der Waals surface area contributed by atoms with Gasteiger partial charge in [0.2, 0.25) is 0 Å². The van der Waals surface area contributed by atoms with Crippen LogP contribution < -0.4 is 5.69 Å². The van der Waals surface area contributed by atoms with Crippen LogP contribution in [0.3, 0.4) is 0 Å². The largest absolute Gasteiger partial charge is 0.481 e. The second-order valence-electron chi connectivity index (χ2n) is 3.74. The van der Waals surface area contributed by atoms with Gasteiger partial charge in [-0.15, -0.1) is 5.10 Å². The summed E-state index contributed by atoms with van der Waals surface area (Å²) in [7, 11) is 0. The van der Waals surface area contributed by atoms with Gasteiger partial charge in [-0.1, -0.05) is 11.8 Å². The first kappa shape index (κ1) is 12.2. The van der Waals surface area contributed by atoms with Crippen LogP contribution in [0.25, 0.3) is 0 Å². The summed E-state index contributed by atoms with van der Waals surface area (Å²) in [4.78, 5) is 22.0. The molecule has 8 heteroatoms. The van der Waals surface area contributed by atoms with Gasteiger partial charge in [0.25, 0.3) is 0 Å². The smallest absolute Gasteiger partial charge is 0.344 e. The summed E-state index contributed by atoms with van der Waals surface area (Å²) >= 11 is 1.02. The van der Waals surface area contributed by atoms with Crippen molar-refractivity contribution < 1.29 is 14.6 Å². The van der Waals surface area contributed by atoms with Crippen LogP contribution in [0.5, 0.6) is 0 Å². The van der Waals surface area contributed by atoms with E-state index < -0.39 is 5.97 Å². The molecule has 2 heterocycles. The van der Waals surface area contributed by atoms with E-state index in [0.717, 1.165) is 31.2 Å². The number of nitrogens with zero attached hydrogens (tertiary/aromatic N) is 2. The Morgan fingerprint density at radius 2 is 2.53 bits per heavy atom. The Hall–Kier alpha value is -1.28. The van der Waals surface area contributed by atoms with Crippen LogP contribution in [-0.4, -0.2) is 44.3 Å². The third kappa shape index (κ3) is 3.10. The van der Waals surface area contributed by atoms with Gasteiger partial charge in [0, 0.05) is 6.61 Å². The average molecular weight is 259 g/mol. The zero-order valence-corrected chi connectivity index (χ0v) is 9.90. The van der Waals surface area contributed by atoms with Crippen LogP contribution >= 0.6 is 11.8 Å². The summed E-state index contributed by atoms with van der Waals surface area (Å²) in [6.07, 6.45) is 1.93. The van der Waals surface area contributed by atoms with Crippen LogP contribution in [-0.2, 0) is 16.1 Å². The number of thioether (sulfide) groups is 1. The third-order valence-corrected chi connectivity index (χ3v) is 3.42. The van der Waals surface area contributed by atoms with E-state index in [2.05, 4.69) is 10.2 Å². The van der Waals surface area contributed by atoms with Crippen LogP contribution in [0, 0.1) is 0 Å². The van der Waals surface area contributed by atoms with Crippen molar-refractivity contribution >= 4 is 17.7 Å². The van der Waals surface area contributed by atoms with E-state index in [-0.39, 0.29) is 17.5 Å². The van der Waals surface area contributed by atoms with E-state index in [1.54, 1.807) is 0 Å². The number of rotatable bonds is 5. The van der Waals surface area contributed by atoms with Crippen LogP contribution in [0.1, 0.15) is 12.8 Å². The molecule has 2 N–H and O–H groups in total. The molecule has 1 aliphatic rings. The Morgan fingerprint density at radius 1 is 1.71 bits per heavy atom. The number of carboxylic acid groups (broad SMARTS) is 1. The lowest BCUT2D eigenvalue weighted by molar-refractivity contribution is -0.133. The molecule has 17 heavy (non-hydrogen) atoms. The maximum Gasteiger partial charge on any atom is 0.344 e. The Kier molecular flexibility index (Phi) is 3.85. The number of aromatic amines is 1. The van der Waals surface area contributed by atoms with Crippen LogP contribution in [0.4, 0.5) is 0 Å². The summed E-state index contributed by atoms with van der Waals surface area (Å²) in [5.74, 6) is -1.05.